The monoisotopic (exact) mass is 334 g/mol. The van der Waals surface area contributed by atoms with E-state index in [1.165, 1.54) is 18.4 Å². The summed E-state index contributed by atoms with van der Waals surface area (Å²) in [4.78, 5) is 17.9. The fraction of sp³-hybridized carbons (Fsp3) is 0.409. The van der Waals surface area contributed by atoms with E-state index in [9.17, 15) is 4.79 Å². The van der Waals surface area contributed by atoms with E-state index >= 15 is 0 Å². The van der Waals surface area contributed by atoms with Crippen molar-refractivity contribution in [1.29, 1.82) is 0 Å². The lowest BCUT2D eigenvalue weighted by molar-refractivity contribution is 0.0436. The van der Waals surface area contributed by atoms with E-state index in [-0.39, 0.29) is 11.9 Å². The first kappa shape index (κ1) is 16.3. The molecule has 1 saturated heterocycles. The van der Waals surface area contributed by atoms with Crippen molar-refractivity contribution in [1.82, 2.24) is 9.80 Å². The molecule has 2 aliphatic rings. The van der Waals surface area contributed by atoms with Gasteiger partial charge < -0.3 is 4.90 Å². The number of hydrogen-bond donors (Lipinski definition) is 0. The van der Waals surface area contributed by atoms with Crippen LogP contribution in [0.1, 0.15) is 34.3 Å². The molecule has 1 aliphatic carbocycles. The molecular weight excluding hydrogens is 308 g/mol. The van der Waals surface area contributed by atoms with Crippen molar-refractivity contribution in [2.75, 3.05) is 19.6 Å². The number of carbonyl (C=O) groups excluding carboxylic acids is 1. The highest BCUT2D eigenvalue weighted by Gasteiger charge is 2.37. The molecule has 4 rings (SSSR count). The molecule has 1 aliphatic heterocycles. The van der Waals surface area contributed by atoms with Crippen molar-refractivity contribution in [3.05, 3.63) is 71.3 Å². The van der Waals surface area contributed by atoms with Crippen molar-refractivity contribution in [3.63, 3.8) is 0 Å². The maximum Gasteiger partial charge on any atom is 0.254 e. The van der Waals surface area contributed by atoms with E-state index in [2.05, 4.69) is 40.1 Å². The van der Waals surface area contributed by atoms with Gasteiger partial charge in [-0.1, -0.05) is 48.5 Å². The normalized spacial score (nSPS) is 21.3. The van der Waals surface area contributed by atoms with Gasteiger partial charge in [-0.05, 0) is 43.4 Å². The van der Waals surface area contributed by atoms with Gasteiger partial charge >= 0.3 is 0 Å². The van der Waals surface area contributed by atoms with Crippen LogP contribution in [-0.2, 0) is 6.42 Å². The van der Waals surface area contributed by atoms with Gasteiger partial charge in [-0.15, -0.1) is 0 Å². The van der Waals surface area contributed by atoms with E-state index in [1.54, 1.807) is 0 Å². The first-order chi connectivity index (χ1) is 12.2. The molecule has 0 radical (unpaired) electrons. The van der Waals surface area contributed by atoms with Crippen LogP contribution in [0.4, 0.5) is 0 Å². The second kappa shape index (κ2) is 7.01. The Balaban J connectivity index is 1.57. The molecule has 0 aromatic heterocycles. The van der Waals surface area contributed by atoms with E-state index in [4.69, 9.17) is 0 Å². The second-order valence-electron chi connectivity index (χ2n) is 7.38. The summed E-state index contributed by atoms with van der Waals surface area (Å²) >= 11 is 0. The predicted octanol–water partition coefficient (Wildman–Crippen LogP) is 3.53. The largest absolute Gasteiger partial charge is 0.333 e. The Morgan fingerprint density at radius 1 is 1.00 bits per heavy atom. The van der Waals surface area contributed by atoms with Crippen LogP contribution in [0.3, 0.4) is 0 Å². The molecule has 1 atom stereocenters. The van der Waals surface area contributed by atoms with Crippen LogP contribution >= 0.6 is 0 Å². The number of nitrogens with zero attached hydrogens (tertiary/aromatic N) is 2. The van der Waals surface area contributed by atoms with Crippen molar-refractivity contribution < 1.29 is 4.79 Å². The smallest absolute Gasteiger partial charge is 0.254 e. The second-order valence-corrected chi connectivity index (χ2v) is 7.38. The summed E-state index contributed by atoms with van der Waals surface area (Å²) in [5.74, 6) is 0.189. The Hall–Kier alpha value is -2.13. The molecule has 2 aromatic carbocycles. The maximum absolute atomic E-state index is 13.2. The summed E-state index contributed by atoms with van der Waals surface area (Å²) in [7, 11) is 0. The predicted molar refractivity (Wildman–Crippen MR) is 101 cm³/mol. The molecule has 3 heteroatoms. The van der Waals surface area contributed by atoms with Gasteiger partial charge in [0.05, 0.1) is 0 Å². The number of aryl methyl sites for hydroxylation is 1. The van der Waals surface area contributed by atoms with Crippen LogP contribution in [-0.4, -0.2) is 47.4 Å². The SMILES string of the molecule is Cc1ccccc1C(=O)N1CCN(C2CC2)CC1Cc1ccccc1. The van der Waals surface area contributed by atoms with Crippen molar-refractivity contribution in [2.45, 2.75) is 38.3 Å². The summed E-state index contributed by atoms with van der Waals surface area (Å²) in [5.41, 5.74) is 3.23. The van der Waals surface area contributed by atoms with Gasteiger partial charge in [0.1, 0.15) is 0 Å². The number of rotatable bonds is 4. The number of benzene rings is 2. The molecule has 25 heavy (non-hydrogen) atoms. The fourth-order valence-corrected chi connectivity index (χ4v) is 3.95. The molecule has 1 saturated carbocycles. The zero-order valence-electron chi connectivity index (χ0n) is 14.9. The van der Waals surface area contributed by atoms with E-state index in [1.807, 2.05) is 31.2 Å². The van der Waals surface area contributed by atoms with Crippen LogP contribution in [0.5, 0.6) is 0 Å². The van der Waals surface area contributed by atoms with Crippen LogP contribution in [0, 0.1) is 6.92 Å². The Morgan fingerprint density at radius 2 is 1.72 bits per heavy atom. The quantitative estimate of drug-likeness (QED) is 0.854. The van der Waals surface area contributed by atoms with Gasteiger partial charge in [-0.2, -0.15) is 0 Å². The number of amides is 1. The zero-order chi connectivity index (χ0) is 17.2. The van der Waals surface area contributed by atoms with Crippen molar-refractivity contribution in [3.8, 4) is 0 Å². The van der Waals surface area contributed by atoms with Crippen molar-refractivity contribution in [2.24, 2.45) is 0 Å². The van der Waals surface area contributed by atoms with Crippen LogP contribution < -0.4 is 0 Å². The Kier molecular flexibility index (Phi) is 4.58. The highest BCUT2D eigenvalue weighted by atomic mass is 16.2. The lowest BCUT2D eigenvalue weighted by atomic mass is 9.99. The minimum atomic E-state index is 0.189. The summed E-state index contributed by atoms with van der Waals surface area (Å²) < 4.78 is 0. The average molecular weight is 334 g/mol. The summed E-state index contributed by atoms with van der Waals surface area (Å²) in [6.07, 6.45) is 3.58. The number of hydrogen-bond acceptors (Lipinski definition) is 2. The Bertz CT molecular complexity index is 739. The Morgan fingerprint density at radius 3 is 2.44 bits per heavy atom. The first-order valence-corrected chi connectivity index (χ1v) is 9.37. The minimum Gasteiger partial charge on any atom is -0.333 e. The van der Waals surface area contributed by atoms with Gasteiger partial charge in [0, 0.05) is 37.3 Å². The maximum atomic E-state index is 13.2. The van der Waals surface area contributed by atoms with E-state index in [0.29, 0.717) is 0 Å². The molecule has 1 amide bonds. The first-order valence-electron chi connectivity index (χ1n) is 9.37. The van der Waals surface area contributed by atoms with Crippen LogP contribution in [0.15, 0.2) is 54.6 Å². The standard InChI is InChI=1S/C22H26N2O/c1-17-7-5-6-10-21(17)22(25)24-14-13-23(19-11-12-19)16-20(24)15-18-8-3-2-4-9-18/h2-10,19-20H,11-16H2,1H3. The average Bonchev–Trinajstić information content (AvgIpc) is 3.48. The van der Waals surface area contributed by atoms with Gasteiger partial charge in [0.25, 0.3) is 5.91 Å². The number of carbonyl (C=O) groups is 1. The van der Waals surface area contributed by atoms with Crippen molar-refractivity contribution >= 4 is 5.91 Å². The molecule has 3 nitrogen and oxygen atoms in total. The molecule has 1 unspecified atom stereocenters. The third kappa shape index (κ3) is 3.62. The highest BCUT2D eigenvalue weighted by Crippen LogP contribution is 2.30. The van der Waals surface area contributed by atoms with Gasteiger partial charge in [-0.25, -0.2) is 0 Å². The fourth-order valence-electron chi connectivity index (χ4n) is 3.95. The number of piperazine rings is 1. The third-order valence-corrected chi connectivity index (χ3v) is 5.53. The molecule has 0 bridgehead atoms. The Labute approximate surface area is 150 Å². The van der Waals surface area contributed by atoms with Gasteiger partial charge in [0.2, 0.25) is 0 Å². The van der Waals surface area contributed by atoms with Gasteiger partial charge in [0.15, 0.2) is 0 Å². The molecule has 2 aromatic rings. The topological polar surface area (TPSA) is 23.6 Å². The molecule has 1 heterocycles. The summed E-state index contributed by atoms with van der Waals surface area (Å²) in [6, 6.07) is 19.5. The van der Waals surface area contributed by atoms with Gasteiger partial charge in [-0.3, -0.25) is 9.69 Å². The molecular formula is C22H26N2O. The van der Waals surface area contributed by atoms with Crippen LogP contribution in [0.2, 0.25) is 0 Å². The van der Waals surface area contributed by atoms with E-state index < -0.39 is 0 Å². The molecule has 0 spiro atoms. The molecule has 2 fully saturated rings. The van der Waals surface area contributed by atoms with Crippen LogP contribution in [0.25, 0.3) is 0 Å². The third-order valence-electron chi connectivity index (χ3n) is 5.53. The lowest BCUT2D eigenvalue weighted by Gasteiger charge is -2.42. The zero-order valence-corrected chi connectivity index (χ0v) is 14.9. The minimum absolute atomic E-state index is 0.189. The summed E-state index contributed by atoms with van der Waals surface area (Å²) in [5, 5.41) is 0. The lowest BCUT2D eigenvalue weighted by Crippen LogP contribution is -2.56. The molecule has 130 valence electrons. The summed E-state index contributed by atoms with van der Waals surface area (Å²) in [6.45, 7) is 4.87. The highest BCUT2D eigenvalue weighted by molar-refractivity contribution is 5.96. The molecule has 0 N–H and O–H groups in total. The van der Waals surface area contributed by atoms with E-state index in [0.717, 1.165) is 43.2 Å².